The van der Waals surface area contributed by atoms with Crippen molar-refractivity contribution in [2.45, 2.75) is 39.9 Å². The molecular formula is C22H32N4O2. The predicted octanol–water partition coefficient (Wildman–Crippen LogP) is 3.15. The van der Waals surface area contributed by atoms with E-state index in [9.17, 15) is 4.79 Å². The Labute approximate surface area is 167 Å². The lowest BCUT2D eigenvalue weighted by molar-refractivity contribution is 0.186. The quantitative estimate of drug-likeness (QED) is 0.847. The van der Waals surface area contributed by atoms with Gasteiger partial charge in [-0.1, -0.05) is 19.9 Å². The van der Waals surface area contributed by atoms with Gasteiger partial charge in [-0.15, -0.1) is 0 Å². The second kappa shape index (κ2) is 8.80. The zero-order valence-corrected chi connectivity index (χ0v) is 17.4. The number of nitrogens with two attached hydrogens (primary N) is 1. The first-order valence-electron chi connectivity index (χ1n) is 10.2. The normalized spacial score (nSPS) is 20.4. The molecular weight excluding hydrogens is 352 g/mol. The van der Waals surface area contributed by atoms with Crippen molar-refractivity contribution in [1.82, 2.24) is 4.57 Å². The van der Waals surface area contributed by atoms with Gasteiger partial charge in [-0.3, -0.25) is 4.79 Å². The van der Waals surface area contributed by atoms with Crippen molar-refractivity contribution in [1.29, 1.82) is 0 Å². The minimum atomic E-state index is 0.00382. The van der Waals surface area contributed by atoms with Crippen LogP contribution < -0.4 is 21.5 Å². The number of fused-ring (bicyclic) bond motifs is 1. The maximum Gasteiger partial charge on any atom is 0.253 e. The lowest BCUT2D eigenvalue weighted by atomic mass is 10.1. The van der Waals surface area contributed by atoms with Crippen LogP contribution in [-0.4, -0.2) is 24.3 Å². The van der Waals surface area contributed by atoms with E-state index in [0.29, 0.717) is 12.5 Å². The second-order valence-corrected chi connectivity index (χ2v) is 7.36. The SMILES string of the molecule is CC.Cc1cc(C2Nc3ccc(CN)cc3N2CC2CCOC2)cn(C)c1=O. The van der Waals surface area contributed by atoms with E-state index >= 15 is 0 Å². The van der Waals surface area contributed by atoms with Gasteiger partial charge in [0.25, 0.3) is 5.56 Å². The zero-order valence-electron chi connectivity index (χ0n) is 17.4. The number of anilines is 2. The molecule has 2 atom stereocenters. The number of aromatic nitrogens is 1. The molecule has 4 rings (SSSR count). The third-order valence-electron chi connectivity index (χ3n) is 5.39. The molecule has 3 N–H and O–H groups in total. The number of benzene rings is 1. The summed E-state index contributed by atoms with van der Waals surface area (Å²) < 4.78 is 7.25. The summed E-state index contributed by atoms with van der Waals surface area (Å²) in [6.07, 6.45) is 3.02. The molecule has 0 bridgehead atoms. The molecule has 0 saturated carbocycles. The van der Waals surface area contributed by atoms with Crippen LogP contribution in [0.25, 0.3) is 0 Å². The molecule has 6 nitrogen and oxygen atoms in total. The summed E-state index contributed by atoms with van der Waals surface area (Å²) in [5.41, 5.74) is 11.2. The van der Waals surface area contributed by atoms with Crippen molar-refractivity contribution in [3.63, 3.8) is 0 Å². The average Bonchev–Trinajstić information content (AvgIpc) is 3.35. The van der Waals surface area contributed by atoms with Crippen LogP contribution in [0.1, 0.15) is 43.1 Å². The van der Waals surface area contributed by atoms with Crippen molar-refractivity contribution >= 4 is 11.4 Å². The standard InChI is InChI=1S/C20H26N4O2.C2H6/c1-13-7-16(11-23(2)20(13)25)19-22-17-4-3-14(9-21)8-18(17)24(19)10-15-5-6-26-12-15;1-2/h3-4,7-8,11,15,19,22H,5-6,9-10,12,21H2,1-2H3;1-2H3. The highest BCUT2D eigenvalue weighted by Crippen LogP contribution is 2.42. The van der Waals surface area contributed by atoms with Crippen LogP contribution in [0.5, 0.6) is 0 Å². The van der Waals surface area contributed by atoms with Crippen molar-refractivity contribution in [2.24, 2.45) is 18.7 Å². The summed E-state index contributed by atoms with van der Waals surface area (Å²) in [5, 5.41) is 3.63. The molecule has 1 fully saturated rings. The molecule has 1 aromatic heterocycles. The van der Waals surface area contributed by atoms with Crippen molar-refractivity contribution in [3.05, 3.63) is 57.5 Å². The van der Waals surface area contributed by atoms with E-state index in [0.717, 1.165) is 48.6 Å². The number of hydrogen-bond acceptors (Lipinski definition) is 5. The first-order valence-corrected chi connectivity index (χ1v) is 10.2. The van der Waals surface area contributed by atoms with Gasteiger partial charge >= 0.3 is 0 Å². The van der Waals surface area contributed by atoms with Crippen LogP contribution in [-0.2, 0) is 18.3 Å². The minimum Gasteiger partial charge on any atom is -0.381 e. The molecule has 2 unspecified atom stereocenters. The lowest BCUT2D eigenvalue weighted by Crippen LogP contribution is -2.34. The first kappa shape index (κ1) is 20.4. The molecule has 0 radical (unpaired) electrons. The third-order valence-corrected chi connectivity index (χ3v) is 5.39. The van der Waals surface area contributed by atoms with Crippen LogP contribution in [0.15, 0.2) is 35.3 Å². The molecule has 6 heteroatoms. The summed E-state index contributed by atoms with van der Waals surface area (Å²) in [6.45, 7) is 8.96. The van der Waals surface area contributed by atoms with E-state index in [4.69, 9.17) is 10.5 Å². The largest absolute Gasteiger partial charge is 0.381 e. The fourth-order valence-electron chi connectivity index (χ4n) is 3.96. The lowest BCUT2D eigenvalue weighted by Gasteiger charge is -2.30. The van der Waals surface area contributed by atoms with Gasteiger partial charge in [0.15, 0.2) is 0 Å². The molecule has 2 aromatic rings. The molecule has 0 spiro atoms. The Morgan fingerprint density at radius 2 is 2.07 bits per heavy atom. The van der Waals surface area contributed by atoms with Crippen LogP contribution >= 0.6 is 0 Å². The number of ether oxygens (including phenoxy) is 1. The first-order chi connectivity index (χ1) is 13.6. The molecule has 0 amide bonds. The monoisotopic (exact) mass is 384 g/mol. The molecule has 1 saturated heterocycles. The van der Waals surface area contributed by atoms with E-state index in [1.807, 2.05) is 40.1 Å². The van der Waals surface area contributed by atoms with Crippen molar-refractivity contribution < 1.29 is 4.74 Å². The Morgan fingerprint density at radius 1 is 1.29 bits per heavy atom. The number of aryl methyl sites for hydroxylation is 2. The van der Waals surface area contributed by atoms with E-state index in [1.54, 1.807) is 4.57 Å². The number of pyridine rings is 1. The molecule has 0 aliphatic carbocycles. The van der Waals surface area contributed by atoms with Gasteiger partial charge in [0, 0.05) is 50.0 Å². The zero-order chi connectivity index (χ0) is 20.3. The van der Waals surface area contributed by atoms with Gasteiger partial charge in [0.1, 0.15) is 6.17 Å². The van der Waals surface area contributed by atoms with Crippen LogP contribution in [0.3, 0.4) is 0 Å². The fraction of sp³-hybridized carbons (Fsp3) is 0.500. The van der Waals surface area contributed by atoms with E-state index < -0.39 is 0 Å². The topological polar surface area (TPSA) is 72.5 Å². The molecule has 28 heavy (non-hydrogen) atoms. The van der Waals surface area contributed by atoms with Gasteiger partial charge in [0.05, 0.1) is 18.0 Å². The number of rotatable bonds is 4. The Kier molecular flexibility index (Phi) is 6.42. The summed E-state index contributed by atoms with van der Waals surface area (Å²) in [5.74, 6) is 0.514. The molecule has 152 valence electrons. The average molecular weight is 385 g/mol. The maximum atomic E-state index is 12.1. The van der Waals surface area contributed by atoms with Crippen LogP contribution in [0.2, 0.25) is 0 Å². The maximum absolute atomic E-state index is 12.1. The number of hydrogen-bond donors (Lipinski definition) is 2. The summed E-state index contributed by atoms with van der Waals surface area (Å²) in [6, 6.07) is 8.34. The van der Waals surface area contributed by atoms with Gasteiger partial charge in [-0.2, -0.15) is 0 Å². The smallest absolute Gasteiger partial charge is 0.253 e. The van der Waals surface area contributed by atoms with Crippen LogP contribution in [0, 0.1) is 12.8 Å². The van der Waals surface area contributed by atoms with Gasteiger partial charge in [0.2, 0.25) is 0 Å². The van der Waals surface area contributed by atoms with Crippen molar-refractivity contribution in [3.8, 4) is 0 Å². The summed E-state index contributed by atoms with van der Waals surface area (Å²) in [4.78, 5) is 14.5. The molecule has 3 heterocycles. The number of nitrogens with zero attached hydrogens (tertiary/aromatic N) is 2. The van der Waals surface area contributed by atoms with Gasteiger partial charge in [-0.05, 0) is 37.1 Å². The Morgan fingerprint density at radius 3 is 2.71 bits per heavy atom. The number of nitrogens with one attached hydrogen (secondary N) is 1. The highest BCUT2D eigenvalue weighted by atomic mass is 16.5. The van der Waals surface area contributed by atoms with Gasteiger partial charge < -0.3 is 25.3 Å². The Hall–Kier alpha value is -2.31. The highest BCUT2D eigenvalue weighted by molar-refractivity contribution is 5.77. The fourth-order valence-corrected chi connectivity index (χ4v) is 3.96. The van der Waals surface area contributed by atoms with E-state index in [1.165, 1.54) is 5.69 Å². The second-order valence-electron chi connectivity index (χ2n) is 7.36. The predicted molar refractivity (Wildman–Crippen MR) is 115 cm³/mol. The van der Waals surface area contributed by atoms with E-state index in [2.05, 4.69) is 28.4 Å². The molecule has 2 aliphatic rings. The summed E-state index contributed by atoms with van der Waals surface area (Å²) >= 11 is 0. The van der Waals surface area contributed by atoms with Crippen LogP contribution in [0.4, 0.5) is 11.4 Å². The van der Waals surface area contributed by atoms with Gasteiger partial charge in [-0.25, -0.2) is 0 Å². The van der Waals surface area contributed by atoms with Crippen molar-refractivity contribution in [2.75, 3.05) is 30.0 Å². The summed E-state index contributed by atoms with van der Waals surface area (Å²) in [7, 11) is 1.81. The minimum absolute atomic E-state index is 0.00382. The molecule has 1 aromatic carbocycles. The third kappa shape index (κ3) is 3.93. The Balaban J connectivity index is 0.00000109. The van der Waals surface area contributed by atoms with E-state index in [-0.39, 0.29) is 11.7 Å². The highest BCUT2D eigenvalue weighted by Gasteiger charge is 2.33. The Bertz CT molecular complexity index is 845. The molecule has 2 aliphatic heterocycles.